The van der Waals surface area contributed by atoms with E-state index in [0.717, 1.165) is 60.2 Å². The highest BCUT2D eigenvalue weighted by molar-refractivity contribution is 5.92. The molecule has 10 N–H and O–H groups in total. The van der Waals surface area contributed by atoms with Gasteiger partial charge in [0.15, 0.2) is 0 Å². The van der Waals surface area contributed by atoms with E-state index in [-0.39, 0.29) is 43.1 Å². The van der Waals surface area contributed by atoms with Gasteiger partial charge in [0, 0.05) is 31.7 Å². The largest absolute Gasteiger partial charge is 0.416 e. The average Bonchev–Trinajstić information content (AvgIpc) is 2.89. The van der Waals surface area contributed by atoms with Crippen molar-refractivity contribution in [2.75, 3.05) is 19.6 Å². The van der Waals surface area contributed by atoms with Crippen LogP contribution in [-0.2, 0) is 22.3 Å². The third kappa shape index (κ3) is 11.8. The Kier molecular flexibility index (Phi) is 12.3. The number of hydrazine groups is 2. The summed E-state index contributed by atoms with van der Waals surface area (Å²) in [6, 6.07) is 1.61. The maximum absolute atomic E-state index is 14.4. The second-order valence-corrected chi connectivity index (χ2v) is 9.42. The fourth-order valence-electron chi connectivity index (χ4n) is 3.96. The molecule has 0 saturated heterocycles. The Morgan fingerprint density at radius 2 is 1.67 bits per heavy atom. The summed E-state index contributed by atoms with van der Waals surface area (Å²) >= 11 is 0. The van der Waals surface area contributed by atoms with E-state index in [0.29, 0.717) is 12.5 Å². The van der Waals surface area contributed by atoms with Gasteiger partial charge in [-0.2, -0.15) is 13.2 Å². The van der Waals surface area contributed by atoms with Crippen molar-refractivity contribution >= 4 is 11.8 Å². The van der Waals surface area contributed by atoms with Gasteiger partial charge >= 0.3 is 6.18 Å². The van der Waals surface area contributed by atoms with Crippen molar-refractivity contribution in [1.29, 1.82) is 0 Å². The maximum Gasteiger partial charge on any atom is 0.416 e. The van der Waals surface area contributed by atoms with E-state index in [9.17, 15) is 27.2 Å². The molecule has 1 aromatic heterocycles. The third-order valence-corrected chi connectivity index (χ3v) is 6.09. The van der Waals surface area contributed by atoms with Crippen LogP contribution in [0.25, 0.3) is 0 Å². The Balaban J connectivity index is 1.73. The highest BCUT2D eigenvalue weighted by atomic mass is 19.4. The molecule has 11 nitrogen and oxygen atoms in total. The molecule has 1 fully saturated rings. The van der Waals surface area contributed by atoms with Crippen LogP contribution in [-0.4, -0.2) is 52.6 Å². The SMILES string of the molecule is N/C(=C\N(N)CC(F)CCN(N)/C=C(\N)C(=O)NCC1CCCCC1)C(=O)NCc1cc(C(F)(F)F)ccn1. The number of aromatic nitrogens is 1. The van der Waals surface area contributed by atoms with Crippen molar-refractivity contribution in [1.82, 2.24) is 25.6 Å². The minimum atomic E-state index is -4.55. The van der Waals surface area contributed by atoms with E-state index < -0.39 is 29.7 Å². The van der Waals surface area contributed by atoms with Gasteiger partial charge in [0.1, 0.15) is 17.6 Å². The van der Waals surface area contributed by atoms with Crippen molar-refractivity contribution in [3.8, 4) is 0 Å². The summed E-state index contributed by atoms with van der Waals surface area (Å²) in [5.74, 6) is 10.7. The maximum atomic E-state index is 14.4. The molecule has 0 aromatic carbocycles. The Labute approximate surface area is 224 Å². The lowest BCUT2D eigenvalue weighted by Gasteiger charge is -2.22. The molecule has 1 atom stereocenters. The number of hydrogen-bond donors (Lipinski definition) is 6. The first-order chi connectivity index (χ1) is 18.3. The predicted molar refractivity (Wildman–Crippen MR) is 137 cm³/mol. The molecule has 1 heterocycles. The summed E-state index contributed by atoms with van der Waals surface area (Å²) in [5.41, 5.74) is 10.0. The van der Waals surface area contributed by atoms with Gasteiger partial charge in [-0.05, 0) is 37.3 Å². The first-order valence-corrected chi connectivity index (χ1v) is 12.5. The molecule has 1 saturated carbocycles. The van der Waals surface area contributed by atoms with Gasteiger partial charge in [-0.1, -0.05) is 19.3 Å². The molecule has 1 aliphatic carbocycles. The predicted octanol–water partition coefficient (Wildman–Crippen LogP) is 1.09. The zero-order valence-electron chi connectivity index (χ0n) is 21.6. The number of nitrogens with zero attached hydrogens (tertiary/aromatic N) is 3. The summed E-state index contributed by atoms with van der Waals surface area (Å²) < 4.78 is 52.8. The topological polar surface area (TPSA) is 182 Å². The Hall–Kier alpha value is -3.59. The van der Waals surface area contributed by atoms with Gasteiger partial charge in [-0.25, -0.2) is 16.1 Å². The molecule has 2 rings (SSSR count). The number of pyridine rings is 1. The van der Waals surface area contributed by atoms with Crippen LogP contribution >= 0.6 is 0 Å². The number of carbonyl (C=O) groups is 2. The van der Waals surface area contributed by atoms with Crippen molar-refractivity contribution in [3.63, 3.8) is 0 Å². The molecule has 0 aliphatic heterocycles. The molecule has 1 unspecified atom stereocenters. The molecule has 0 radical (unpaired) electrons. The van der Waals surface area contributed by atoms with Crippen LogP contribution in [0.5, 0.6) is 0 Å². The third-order valence-electron chi connectivity index (χ3n) is 6.09. The van der Waals surface area contributed by atoms with E-state index in [1.807, 2.05) is 0 Å². The fraction of sp³-hybridized carbons (Fsp3) is 0.542. The standard InChI is InChI=1S/C24H37F4N9O2/c25-18(7-9-36(31)14-20(29)22(38)34-11-16-4-2-1-3-5-16)13-37(32)15-21(30)23(39)35-12-19-10-17(6-8-33-19)24(26,27)28/h6,8,10,14-16,18H,1-5,7,9,11-13,29-32H2,(H,34,38)(H,35,39)/b20-14-,21-15-. The van der Waals surface area contributed by atoms with Gasteiger partial charge in [-0.3, -0.25) is 14.6 Å². The fourth-order valence-corrected chi connectivity index (χ4v) is 3.96. The summed E-state index contributed by atoms with van der Waals surface area (Å²) in [6.07, 6.45) is 2.79. The lowest BCUT2D eigenvalue weighted by molar-refractivity contribution is -0.137. The van der Waals surface area contributed by atoms with Crippen LogP contribution in [0, 0.1) is 5.92 Å². The molecular weight excluding hydrogens is 522 g/mol. The van der Waals surface area contributed by atoms with E-state index in [1.54, 1.807) is 0 Å². The minimum Gasteiger partial charge on any atom is -0.393 e. The van der Waals surface area contributed by atoms with Gasteiger partial charge < -0.3 is 32.1 Å². The molecule has 15 heteroatoms. The smallest absolute Gasteiger partial charge is 0.393 e. The van der Waals surface area contributed by atoms with Crippen LogP contribution < -0.4 is 33.8 Å². The lowest BCUT2D eigenvalue weighted by atomic mass is 9.89. The van der Waals surface area contributed by atoms with E-state index in [2.05, 4.69) is 15.6 Å². The molecule has 0 spiro atoms. The normalized spacial score (nSPS) is 15.9. The molecule has 39 heavy (non-hydrogen) atoms. The highest BCUT2D eigenvalue weighted by Gasteiger charge is 2.30. The van der Waals surface area contributed by atoms with Crippen molar-refractivity contribution < 1.29 is 27.2 Å². The summed E-state index contributed by atoms with van der Waals surface area (Å²) in [6.45, 7) is -0.0732. The zero-order chi connectivity index (χ0) is 29.0. The number of halogens is 4. The number of amides is 2. The number of rotatable bonds is 13. The average molecular weight is 560 g/mol. The molecule has 2 amide bonds. The van der Waals surface area contributed by atoms with Gasteiger partial charge in [0.2, 0.25) is 0 Å². The Bertz CT molecular complexity index is 1010. The van der Waals surface area contributed by atoms with Crippen LogP contribution in [0.15, 0.2) is 42.1 Å². The van der Waals surface area contributed by atoms with E-state index >= 15 is 0 Å². The quantitative estimate of drug-likeness (QED) is 0.0892. The van der Waals surface area contributed by atoms with Gasteiger partial charge in [-0.15, -0.1) is 0 Å². The minimum absolute atomic E-state index is 0.0231. The second kappa shape index (κ2) is 15.1. The number of hydrogen-bond acceptors (Lipinski definition) is 9. The van der Waals surface area contributed by atoms with Crippen LogP contribution in [0.4, 0.5) is 17.6 Å². The second-order valence-electron chi connectivity index (χ2n) is 9.42. The molecule has 1 aliphatic rings. The molecule has 1 aromatic rings. The first kappa shape index (κ1) is 31.6. The van der Waals surface area contributed by atoms with Crippen LogP contribution in [0.3, 0.4) is 0 Å². The first-order valence-electron chi connectivity index (χ1n) is 12.5. The van der Waals surface area contributed by atoms with Gasteiger partial charge in [0.25, 0.3) is 11.8 Å². The van der Waals surface area contributed by atoms with Crippen molar-refractivity contribution in [2.24, 2.45) is 29.1 Å². The monoisotopic (exact) mass is 559 g/mol. The van der Waals surface area contributed by atoms with Crippen molar-refractivity contribution in [2.45, 2.75) is 57.4 Å². The zero-order valence-corrected chi connectivity index (χ0v) is 21.6. The van der Waals surface area contributed by atoms with E-state index in [4.69, 9.17) is 23.2 Å². The number of nitrogens with two attached hydrogens (primary N) is 4. The van der Waals surface area contributed by atoms with Crippen LogP contribution in [0.1, 0.15) is 49.8 Å². The number of carbonyl (C=O) groups excluding carboxylic acids is 2. The summed E-state index contributed by atoms with van der Waals surface area (Å²) in [7, 11) is 0. The number of nitrogens with one attached hydrogen (secondary N) is 2. The molecule has 0 bridgehead atoms. The van der Waals surface area contributed by atoms with E-state index in [1.165, 1.54) is 12.6 Å². The molecular formula is C24H37F4N9O2. The summed E-state index contributed by atoms with van der Waals surface area (Å²) in [5, 5.41) is 7.08. The Morgan fingerprint density at radius 3 is 2.31 bits per heavy atom. The van der Waals surface area contributed by atoms with Crippen LogP contribution in [0.2, 0.25) is 0 Å². The van der Waals surface area contributed by atoms with Gasteiger partial charge in [0.05, 0.1) is 24.3 Å². The number of alkyl halides is 4. The molecule has 218 valence electrons. The Morgan fingerprint density at radius 1 is 1.05 bits per heavy atom. The lowest BCUT2D eigenvalue weighted by Crippen LogP contribution is -2.38. The summed E-state index contributed by atoms with van der Waals surface area (Å²) in [4.78, 5) is 28.1. The highest BCUT2D eigenvalue weighted by Crippen LogP contribution is 2.29. The van der Waals surface area contributed by atoms with Crippen molar-refractivity contribution in [3.05, 3.63) is 53.4 Å².